The van der Waals surface area contributed by atoms with Gasteiger partial charge in [-0.15, -0.1) is 11.3 Å². The minimum absolute atomic E-state index is 0.114. The molecule has 0 radical (unpaired) electrons. The summed E-state index contributed by atoms with van der Waals surface area (Å²) in [6.45, 7) is 3.30. The van der Waals surface area contributed by atoms with E-state index in [2.05, 4.69) is 0 Å². The molecule has 2 aromatic rings. The molecule has 0 bridgehead atoms. The summed E-state index contributed by atoms with van der Waals surface area (Å²) in [6, 6.07) is 3.68. The van der Waals surface area contributed by atoms with Gasteiger partial charge in [-0.3, -0.25) is 4.79 Å². The van der Waals surface area contributed by atoms with Crippen molar-refractivity contribution >= 4 is 17.2 Å². The molecule has 0 saturated carbocycles. The van der Waals surface area contributed by atoms with Crippen LogP contribution in [0.5, 0.6) is 0 Å². The predicted octanol–water partition coefficient (Wildman–Crippen LogP) is 3.56. The molecule has 0 aromatic carbocycles. The smallest absolute Gasteiger partial charge is 0.365 e. The van der Waals surface area contributed by atoms with Crippen LogP contribution in [-0.2, 0) is 4.74 Å². The van der Waals surface area contributed by atoms with Crippen LogP contribution in [0.2, 0.25) is 0 Å². The van der Waals surface area contributed by atoms with Gasteiger partial charge in [0.2, 0.25) is 0 Å². The van der Waals surface area contributed by atoms with Crippen LogP contribution in [0.15, 0.2) is 24.5 Å². The first kappa shape index (κ1) is 17.0. The zero-order valence-corrected chi connectivity index (χ0v) is 14.1. The summed E-state index contributed by atoms with van der Waals surface area (Å²) in [6.07, 6.45) is -2.76. The lowest BCUT2D eigenvalue weighted by molar-refractivity contribution is -0.233. The zero-order chi connectivity index (χ0) is 17.5. The maximum absolute atomic E-state index is 12.9. The number of nitrogens with zero attached hydrogens (tertiary/aromatic N) is 2. The van der Waals surface area contributed by atoms with Crippen molar-refractivity contribution < 1.29 is 22.7 Å². The number of ether oxygens (including phenoxy) is 1. The van der Waals surface area contributed by atoms with E-state index in [0.29, 0.717) is 5.56 Å². The minimum atomic E-state index is -4.47. The number of carbonyl (C=O) groups excluding carboxylic acids is 1. The van der Waals surface area contributed by atoms with E-state index in [9.17, 15) is 18.0 Å². The summed E-state index contributed by atoms with van der Waals surface area (Å²) < 4.78 is 45.3. The van der Waals surface area contributed by atoms with Crippen molar-refractivity contribution in [2.45, 2.75) is 26.1 Å². The van der Waals surface area contributed by atoms with Crippen LogP contribution in [0.4, 0.5) is 13.2 Å². The highest BCUT2D eigenvalue weighted by Gasteiger charge is 2.44. The summed E-state index contributed by atoms with van der Waals surface area (Å²) in [5.41, 5.74) is 1.28. The Labute approximate surface area is 141 Å². The van der Waals surface area contributed by atoms with Gasteiger partial charge in [0, 0.05) is 23.8 Å². The van der Waals surface area contributed by atoms with Crippen molar-refractivity contribution in [2.24, 2.45) is 0 Å². The van der Waals surface area contributed by atoms with Crippen molar-refractivity contribution in [1.29, 1.82) is 0 Å². The average Bonchev–Trinajstić information content (AvgIpc) is 3.15. The lowest BCUT2D eigenvalue weighted by Crippen LogP contribution is -2.51. The normalized spacial score (nSPS) is 18.9. The Hall–Kier alpha value is -1.80. The molecule has 0 N–H and O–H groups in total. The summed E-state index contributed by atoms with van der Waals surface area (Å²) in [5.74, 6) is -0.377. The predicted molar refractivity (Wildman–Crippen MR) is 84.8 cm³/mol. The van der Waals surface area contributed by atoms with Crippen molar-refractivity contribution in [2.75, 3.05) is 19.7 Å². The van der Waals surface area contributed by atoms with Gasteiger partial charge in [0.15, 0.2) is 6.10 Å². The molecule has 8 heteroatoms. The van der Waals surface area contributed by atoms with E-state index in [-0.39, 0.29) is 19.1 Å². The second-order valence-electron chi connectivity index (χ2n) is 5.71. The topological polar surface area (TPSA) is 34.5 Å². The van der Waals surface area contributed by atoms with Crippen LogP contribution < -0.4 is 0 Å². The van der Waals surface area contributed by atoms with E-state index < -0.39 is 18.8 Å². The molecule has 1 saturated heterocycles. The Balaban J connectivity index is 1.93. The van der Waals surface area contributed by atoms with E-state index in [0.717, 1.165) is 15.4 Å². The Morgan fingerprint density at radius 1 is 1.29 bits per heavy atom. The third-order valence-corrected chi connectivity index (χ3v) is 5.36. The van der Waals surface area contributed by atoms with E-state index in [4.69, 9.17) is 4.74 Å². The molecule has 24 heavy (non-hydrogen) atoms. The number of hydrogen-bond acceptors (Lipinski definition) is 3. The van der Waals surface area contributed by atoms with Crippen LogP contribution in [0, 0.1) is 13.8 Å². The van der Waals surface area contributed by atoms with Gasteiger partial charge < -0.3 is 14.2 Å². The van der Waals surface area contributed by atoms with Crippen molar-refractivity contribution in [3.05, 3.63) is 40.5 Å². The standard InChI is InChI=1S/C16H17F3N2O2S/c1-10-11(2)24-15(20-5-3-4-6-20)13(10)14(22)21-7-8-23-12(9-21)16(17,18)19/h3-6,12H,7-9H2,1-2H3/t12-/m0/s1. The maximum atomic E-state index is 12.9. The van der Waals surface area contributed by atoms with Crippen molar-refractivity contribution in [3.63, 3.8) is 0 Å². The van der Waals surface area contributed by atoms with E-state index >= 15 is 0 Å². The van der Waals surface area contributed by atoms with Gasteiger partial charge in [0.05, 0.1) is 18.7 Å². The number of rotatable bonds is 2. The van der Waals surface area contributed by atoms with Gasteiger partial charge in [-0.1, -0.05) is 0 Å². The summed E-state index contributed by atoms with van der Waals surface area (Å²) >= 11 is 1.46. The molecule has 0 spiro atoms. The van der Waals surface area contributed by atoms with Gasteiger partial charge in [0.1, 0.15) is 5.00 Å². The Morgan fingerprint density at radius 2 is 1.96 bits per heavy atom. The quantitative estimate of drug-likeness (QED) is 0.823. The number of alkyl halides is 3. The van der Waals surface area contributed by atoms with Gasteiger partial charge >= 0.3 is 6.18 Å². The van der Waals surface area contributed by atoms with Crippen molar-refractivity contribution in [3.8, 4) is 5.00 Å². The second kappa shape index (κ2) is 6.25. The number of hydrogen-bond donors (Lipinski definition) is 0. The monoisotopic (exact) mass is 358 g/mol. The lowest BCUT2D eigenvalue weighted by atomic mass is 10.1. The van der Waals surface area contributed by atoms with Gasteiger partial charge in [0.25, 0.3) is 5.91 Å². The molecule has 0 unspecified atom stereocenters. The Morgan fingerprint density at radius 3 is 2.58 bits per heavy atom. The first-order chi connectivity index (χ1) is 11.3. The molecule has 130 valence electrons. The molecule has 3 heterocycles. The van der Waals surface area contributed by atoms with Crippen LogP contribution in [-0.4, -0.2) is 47.4 Å². The van der Waals surface area contributed by atoms with Gasteiger partial charge in [-0.25, -0.2) is 0 Å². The molecule has 1 aliphatic rings. The third-order valence-electron chi connectivity index (χ3n) is 4.14. The molecule has 0 aliphatic carbocycles. The fourth-order valence-electron chi connectivity index (χ4n) is 2.70. The van der Waals surface area contributed by atoms with E-state index in [1.807, 2.05) is 42.9 Å². The number of amides is 1. The van der Waals surface area contributed by atoms with E-state index in [1.165, 1.54) is 16.2 Å². The molecule has 1 amide bonds. The number of aryl methyl sites for hydroxylation is 1. The maximum Gasteiger partial charge on any atom is 0.416 e. The van der Waals surface area contributed by atoms with Crippen LogP contribution in [0.1, 0.15) is 20.8 Å². The molecule has 3 rings (SSSR count). The van der Waals surface area contributed by atoms with Crippen LogP contribution in [0.3, 0.4) is 0 Å². The number of thiophene rings is 1. The summed E-state index contributed by atoms with van der Waals surface area (Å²) in [4.78, 5) is 15.1. The Kier molecular flexibility index (Phi) is 4.44. The number of halogens is 3. The minimum Gasteiger partial charge on any atom is -0.365 e. The SMILES string of the molecule is Cc1sc(-n2cccc2)c(C(=O)N2CCO[C@H](C(F)(F)F)C2)c1C. The van der Waals surface area contributed by atoms with Gasteiger partial charge in [-0.2, -0.15) is 13.2 Å². The zero-order valence-electron chi connectivity index (χ0n) is 13.3. The highest BCUT2D eigenvalue weighted by atomic mass is 32.1. The highest BCUT2D eigenvalue weighted by Crippen LogP contribution is 2.33. The molecule has 1 aliphatic heterocycles. The highest BCUT2D eigenvalue weighted by molar-refractivity contribution is 7.15. The first-order valence-electron chi connectivity index (χ1n) is 7.50. The molecule has 1 atom stereocenters. The molecular weight excluding hydrogens is 341 g/mol. The second-order valence-corrected chi connectivity index (χ2v) is 6.91. The first-order valence-corrected chi connectivity index (χ1v) is 8.31. The largest absolute Gasteiger partial charge is 0.416 e. The number of morpholine rings is 1. The Bertz CT molecular complexity index is 737. The average molecular weight is 358 g/mol. The molecule has 1 fully saturated rings. The third kappa shape index (κ3) is 3.08. The van der Waals surface area contributed by atoms with Crippen LogP contribution >= 0.6 is 11.3 Å². The fourth-order valence-corrected chi connectivity index (χ4v) is 3.82. The molecule has 2 aromatic heterocycles. The summed E-state index contributed by atoms with van der Waals surface area (Å²) in [5, 5.41) is 0.732. The summed E-state index contributed by atoms with van der Waals surface area (Å²) in [7, 11) is 0. The lowest BCUT2D eigenvalue weighted by Gasteiger charge is -2.34. The fraction of sp³-hybridized carbons (Fsp3) is 0.438. The van der Waals surface area contributed by atoms with E-state index in [1.54, 1.807) is 0 Å². The molecule has 4 nitrogen and oxygen atoms in total. The van der Waals surface area contributed by atoms with Gasteiger partial charge in [-0.05, 0) is 31.5 Å². The van der Waals surface area contributed by atoms with Crippen molar-refractivity contribution in [1.82, 2.24) is 9.47 Å². The molecular formula is C16H17F3N2O2S. The number of aromatic nitrogens is 1. The van der Waals surface area contributed by atoms with Crippen LogP contribution in [0.25, 0.3) is 5.00 Å². The number of carbonyl (C=O) groups is 1.